The van der Waals surface area contributed by atoms with Gasteiger partial charge in [0, 0.05) is 6.54 Å². The number of likely N-dealkylation sites (tertiary alicyclic amines) is 1. The highest BCUT2D eigenvalue weighted by Gasteiger charge is 2.19. The lowest BCUT2D eigenvalue weighted by Crippen LogP contribution is -2.37. The Labute approximate surface area is 132 Å². The van der Waals surface area contributed by atoms with E-state index in [2.05, 4.69) is 23.2 Å². The van der Waals surface area contributed by atoms with Crippen LogP contribution >= 0.6 is 23.2 Å². The number of piperidine rings is 1. The first-order valence-electron chi connectivity index (χ1n) is 7.56. The standard InChI is InChI=1S/C16H24Cl2N2/c1-2-8-19-11-13-6-9-20(10-7-13)12-14-4-3-5-15(17)16(14)18/h3-5,13,19H,2,6-12H2,1H3. The fourth-order valence-electron chi connectivity index (χ4n) is 2.74. The molecule has 1 saturated heterocycles. The average molecular weight is 315 g/mol. The first kappa shape index (κ1) is 16.1. The van der Waals surface area contributed by atoms with Crippen molar-refractivity contribution >= 4 is 23.2 Å². The van der Waals surface area contributed by atoms with E-state index >= 15 is 0 Å². The summed E-state index contributed by atoms with van der Waals surface area (Å²) in [7, 11) is 0. The minimum atomic E-state index is 0.655. The normalized spacial score (nSPS) is 17.6. The Hall–Kier alpha value is -0.280. The van der Waals surface area contributed by atoms with E-state index in [1.807, 2.05) is 12.1 Å². The topological polar surface area (TPSA) is 15.3 Å². The zero-order valence-corrected chi connectivity index (χ0v) is 13.7. The predicted molar refractivity (Wildman–Crippen MR) is 87.6 cm³/mol. The van der Waals surface area contributed by atoms with Gasteiger partial charge in [-0.25, -0.2) is 0 Å². The molecule has 20 heavy (non-hydrogen) atoms. The largest absolute Gasteiger partial charge is 0.316 e. The Morgan fingerprint density at radius 2 is 2.00 bits per heavy atom. The van der Waals surface area contributed by atoms with Crippen molar-refractivity contribution in [3.05, 3.63) is 33.8 Å². The van der Waals surface area contributed by atoms with Crippen LogP contribution in [-0.4, -0.2) is 31.1 Å². The van der Waals surface area contributed by atoms with Crippen LogP contribution in [0.3, 0.4) is 0 Å². The van der Waals surface area contributed by atoms with Crippen LogP contribution in [0, 0.1) is 5.92 Å². The van der Waals surface area contributed by atoms with Gasteiger partial charge in [0.25, 0.3) is 0 Å². The van der Waals surface area contributed by atoms with E-state index in [0.29, 0.717) is 10.0 Å². The van der Waals surface area contributed by atoms with Gasteiger partial charge in [0.15, 0.2) is 0 Å². The van der Waals surface area contributed by atoms with Gasteiger partial charge in [-0.15, -0.1) is 0 Å². The van der Waals surface area contributed by atoms with E-state index in [9.17, 15) is 0 Å². The Balaban J connectivity index is 1.78. The third-order valence-corrected chi connectivity index (χ3v) is 4.85. The van der Waals surface area contributed by atoms with Gasteiger partial charge in [0.1, 0.15) is 0 Å². The number of nitrogens with zero attached hydrogens (tertiary/aromatic N) is 1. The second-order valence-electron chi connectivity index (χ2n) is 5.64. The van der Waals surface area contributed by atoms with Gasteiger partial charge in [-0.1, -0.05) is 42.3 Å². The molecule has 0 bridgehead atoms. The van der Waals surface area contributed by atoms with Crippen LogP contribution in [0.1, 0.15) is 31.7 Å². The van der Waals surface area contributed by atoms with Crippen LogP contribution in [0.25, 0.3) is 0 Å². The second-order valence-corrected chi connectivity index (χ2v) is 6.42. The maximum absolute atomic E-state index is 6.26. The molecule has 0 aliphatic carbocycles. The number of hydrogen-bond acceptors (Lipinski definition) is 2. The molecule has 0 radical (unpaired) electrons. The maximum atomic E-state index is 6.26. The Kier molecular flexibility index (Phi) is 6.63. The van der Waals surface area contributed by atoms with E-state index in [0.717, 1.165) is 37.7 Å². The van der Waals surface area contributed by atoms with Crippen molar-refractivity contribution in [2.75, 3.05) is 26.2 Å². The van der Waals surface area contributed by atoms with Crippen molar-refractivity contribution < 1.29 is 0 Å². The highest BCUT2D eigenvalue weighted by atomic mass is 35.5. The Morgan fingerprint density at radius 1 is 1.25 bits per heavy atom. The van der Waals surface area contributed by atoms with Gasteiger partial charge in [0.05, 0.1) is 10.0 Å². The summed E-state index contributed by atoms with van der Waals surface area (Å²) in [5.74, 6) is 0.827. The number of benzene rings is 1. The molecule has 1 N–H and O–H groups in total. The molecule has 1 aliphatic heterocycles. The molecule has 1 heterocycles. The van der Waals surface area contributed by atoms with Crippen LogP contribution in [0.2, 0.25) is 10.0 Å². The lowest BCUT2D eigenvalue weighted by molar-refractivity contribution is 0.175. The molecule has 1 aromatic carbocycles. The van der Waals surface area contributed by atoms with Gasteiger partial charge in [-0.2, -0.15) is 0 Å². The van der Waals surface area contributed by atoms with Crippen molar-refractivity contribution in [3.8, 4) is 0 Å². The zero-order chi connectivity index (χ0) is 14.4. The smallest absolute Gasteiger partial charge is 0.0637 e. The van der Waals surface area contributed by atoms with Crippen LogP contribution < -0.4 is 5.32 Å². The number of hydrogen-bond donors (Lipinski definition) is 1. The van der Waals surface area contributed by atoms with E-state index in [1.165, 1.54) is 25.8 Å². The van der Waals surface area contributed by atoms with E-state index in [-0.39, 0.29) is 0 Å². The molecule has 4 heteroatoms. The van der Waals surface area contributed by atoms with Crippen molar-refractivity contribution in [2.45, 2.75) is 32.7 Å². The molecule has 0 amide bonds. The number of halogens is 2. The van der Waals surface area contributed by atoms with Crippen molar-refractivity contribution in [3.63, 3.8) is 0 Å². The lowest BCUT2D eigenvalue weighted by Gasteiger charge is -2.32. The first-order chi connectivity index (χ1) is 9.70. The Bertz CT molecular complexity index is 415. The molecule has 0 saturated carbocycles. The fraction of sp³-hybridized carbons (Fsp3) is 0.625. The SMILES string of the molecule is CCCNCC1CCN(Cc2cccc(Cl)c2Cl)CC1. The average Bonchev–Trinajstić information content (AvgIpc) is 2.46. The molecule has 0 unspecified atom stereocenters. The third kappa shape index (κ3) is 4.63. The molecule has 2 nitrogen and oxygen atoms in total. The summed E-state index contributed by atoms with van der Waals surface area (Å²) in [4.78, 5) is 2.48. The maximum Gasteiger partial charge on any atom is 0.0637 e. The van der Waals surface area contributed by atoms with Gasteiger partial charge in [-0.05, 0) is 63.0 Å². The summed E-state index contributed by atoms with van der Waals surface area (Å²) in [6, 6.07) is 5.90. The van der Waals surface area contributed by atoms with Crippen molar-refractivity contribution in [2.24, 2.45) is 5.92 Å². The summed E-state index contributed by atoms with van der Waals surface area (Å²) in [6.45, 7) is 7.74. The summed E-state index contributed by atoms with van der Waals surface area (Å²) >= 11 is 12.3. The summed E-state index contributed by atoms with van der Waals surface area (Å²) in [6.07, 6.45) is 3.76. The molecule has 112 valence electrons. The quantitative estimate of drug-likeness (QED) is 0.791. The van der Waals surface area contributed by atoms with Crippen molar-refractivity contribution in [1.82, 2.24) is 10.2 Å². The minimum absolute atomic E-state index is 0.655. The second kappa shape index (κ2) is 8.23. The first-order valence-corrected chi connectivity index (χ1v) is 8.32. The fourth-order valence-corrected chi connectivity index (χ4v) is 3.12. The number of nitrogens with one attached hydrogen (secondary N) is 1. The highest BCUT2D eigenvalue weighted by molar-refractivity contribution is 6.42. The molecule has 1 fully saturated rings. The molecular weight excluding hydrogens is 291 g/mol. The number of rotatable bonds is 6. The summed E-state index contributed by atoms with van der Waals surface area (Å²) in [5, 5.41) is 4.89. The minimum Gasteiger partial charge on any atom is -0.316 e. The zero-order valence-electron chi connectivity index (χ0n) is 12.2. The highest BCUT2D eigenvalue weighted by Crippen LogP contribution is 2.27. The monoisotopic (exact) mass is 314 g/mol. The van der Waals surface area contributed by atoms with Crippen LogP contribution in [0.5, 0.6) is 0 Å². The summed E-state index contributed by atoms with van der Waals surface area (Å²) in [5.41, 5.74) is 1.14. The van der Waals surface area contributed by atoms with Gasteiger partial charge >= 0.3 is 0 Å². The van der Waals surface area contributed by atoms with E-state index in [4.69, 9.17) is 23.2 Å². The molecule has 2 rings (SSSR count). The summed E-state index contributed by atoms with van der Waals surface area (Å²) < 4.78 is 0. The van der Waals surface area contributed by atoms with Gasteiger partial charge < -0.3 is 5.32 Å². The molecule has 0 atom stereocenters. The molecular formula is C16H24Cl2N2. The molecule has 1 aliphatic rings. The van der Waals surface area contributed by atoms with Gasteiger partial charge in [0.2, 0.25) is 0 Å². The lowest BCUT2D eigenvalue weighted by atomic mass is 9.96. The predicted octanol–water partition coefficient (Wildman–Crippen LogP) is 4.21. The molecule has 0 spiro atoms. The third-order valence-electron chi connectivity index (χ3n) is 3.99. The van der Waals surface area contributed by atoms with Crippen LogP contribution in [0.15, 0.2) is 18.2 Å². The van der Waals surface area contributed by atoms with Crippen LogP contribution in [-0.2, 0) is 6.54 Å². The molecule has 0 aromatic heterocycles. The molecule has 1 aromatic rings. The van der Waals surface area contributed by atoms with Gasteiger partial charge in [-0.3, -0.25) is 4.90 Å². The van der Waals surface area contributed by atoms with E-state index < -0.39 is 0 Å². The van der Waals surface area contributed by atoms with Crippen molar-refractivity contribution in [1.29, 1.82) is 0 Å². The Morgan fingerprint density at radius 3 is 2.70 bits per heavy atom. The van der Waals surface area contributed by atoms with E-state index in [1.54, 1.807) is 0 Å². The van der Waals surface area contributed by atoms with Crippen LogP contribution in [0.4, 0.5) is 0 Å².